The Morgan fingerprint density at radius 2 is 1.82 bits per heavy atom. The Morgan fingerprint density at radius 3 is 2.50 bits per heavy atom. The second-order valence-electron chi connectivity index (χ2n) is 7.90. The van der Waals surface area contributed by atoms with Crippen molar-refractivity contribution < 1.29 is 8.42 Å². The summed E-state index contributed by atoms with van der Waals surface area (Å²) in [7, 11) is -3.36. The van der Waals surface area contributed by atoms with Crippen LogP contribution in [0.3, 0.4) is 0 Å². The number of nitrogens with zero attached hydrogens (tertiary/aromatic N) is 1. The number of hydrogen-bond donors (Lipinski definition) is 4. The van der Waals surface area contributed by atoms with Gasteiger partial charge in [-0.3, -0.25) is 5.73 Å². The summed E-state index contributed by atoms with van der Waals surface area (Å²) in [6.45, 7) is 0. The maximum atomic E-state index is 12.8. The lowest BCUT2D eigenvalue weighted by atomic mass is 9.82. The van der Waals surface area contributed by atoms with Gasteiger partial charge >= 0.3 is 0 Å². The number of benzene rings is 1. The zero-order chi connectivity index (χ0) is 19.9. The molecule has 1 heterocycles. The summed E-state index contributed by atoms with van der Waals surface area (Å²) in [5, 5.41) is 6.29. The van der Waals surface area contributed by atoms with Crippen molar-refractivity contribution in [3.8, 4) is 0 Å². The molecule has 1 atom stereocenters. The number of rotatable bonds is 4. The second-order valence-corrected chi connectivity index (χ2v) is 10.5. The average Bonchev–Trinajstić information content (AvgIpc) is 3.51. The van der Waals surface area contributed by atoms with Crippen LogP contribution in [0.1, 0.15) is 38.5 Å². The number of hydrogen-bond acceptors (Lipinski definition) is 7. The Bertz CT molecular complexity index is 920. The van der Waals surface area contributed by atoms with E-state index in [0.29, 0.717) is 29.4 Å². The van der Waals surface area contributed by atoms with E-state index >= 15 is 0 Å². The summed E-state index contributed by atoms with van der Waals surface area (Å²) in [6.07, 6.45) is 6.60. The summed E-state index contributed by atoms with van der Waals surface area (Å²) in [5.74, 6) is -0.502. The minimum absolute atomic E-state index is 0.121. The highest BCUT2D eigenvalue weighted by molar-refractivity contribution is 7.92. The molecular formula is C19H26ClN5O2S. The highest BCUT2D eigenvalue weighted by Crippen LogP contribution is 2.37. The molecular weight excluding hydrogens is 398 g/mol. The summed E-state index contributed by atoms with van der Waals surface area (Å²) < 4.78 is 25.5. The molecule has 0 aromatic heterocycles. The lowest BCUT2D eigenvalue weighted by Crippen LogP contribution is -2.59. The minimum atomic E-state index is -3.36. The van der Waals surface area contributed by atoms with Gasteiger partial charge in [-0.25, -0.2) is 13.4 Å². The smallest absolute Gasteiger partial charge is 0.187 e. The predicted molar refractivity (Wildman–Crippen MR) is 112 cm³/mol. The van der Waals surface area contributed by atoms with Crippen LogP contribution >= 0.6 is 11.6 Å². The Morgan fingerprint density at radius 1 is 1.14 bits per heavy atom. The molecule has 9 heteroatoms. The van der Waals surface area contributed by atoms with Crippen LogP contribution in [0.2, 0.25) is 0 Å². The molecule has 2 saturated carbocycles. The van der Waals surface area contributed by atoms with Gasteiger partial charge in [0.25, 0.3) is 0 Å². The van der Waals surface area contributed by atoms with Crippen molar-refractivity contribution in [2.24, 2.45) is 22.4 Å². The highest BCUT2D eigenvalue weighted by atomic mass is 35.5. The Balaban J connectivity index is 1.62. The summed E-state index contributed by atoms with van der Waals surface area (Å²) >= 11 is 6.34. The average molecular weight is 424 g/mol. The SMILES string of the molecule is NC1([C@H]2CC[C@H](N)CC2)N=C(Nc2ccccc2S(=O)(=O)C2CC2)C(Cl)=CN1. The molecule has 28 heavy (non-hydrogen) atoms. The van der Waals surface area contributed by atoms with Crippen LogP contribution in [0.25, 0.3) is 0 Å². The van der Waals surface area contributed by atoms with Gasteiger partial charge < -0.3 is 16.4 Å². The van der Waals surface area contributed by atoms with Crippen LogP contribution in [0.15, 0.2) is 45.4 Å². The molecule has 2 aliphatic carbocycles. The van der Waals surface area contributed by atoms with E-state index in [1.54, 1.807) is 30.5 Å². The van der Waals surface area contributed by atoms with Gasteiger partial charge in [-0.2, -0.15) is 0 Å². The number of anilines is 1. The monoisotopic (exact) mass is 423 g/mol. The van der Waals surface area contributed by atoms with Crippen LogP contribution in [0, 0.1) is 5.92 Å². The molecule has 0 saturated heterocycles. The van der Waals surface area contributed by atoms with Crippen molar-refractivity contribution in [1.29, 1.82) is 0 Å². The van der Waals surface area contributed by atoms with Crippen molar-refractivity contribution in [1.82, 2.24) is 5.32 Å². The van der Waals surface area contributed by atoms with Crippen LogP contribution < -0.4 is 22.1 Å². The number of amidine groups is 1. The normalized spacial score (nSPS) is 30.8. The van der Waals surface area contributed by atoms with E-state index in [0.717, 1.165) is 25.7 Å². The van der Waals surface area contributed by atoms with E-state index in [1.807, 2.05) is 0 Å². The fourth-order valence-corrected chi connectivity index (χ4v) is 5.83. The number of nitrogens with two attached hydrogens (primary N) is 2. The highest BCUT2D eigenvalue weighted by Gasteiger charge is 2.40. The minimum Gasteiger partial charge on any atom is -0.354 e. The third-order valence-electron chi connectivity index (χ3n) is 5.76. The molecule has 1 aliphatic heterocycles. The molecule has 7 nitrogen and oxygen atoms in total. The fourth-order valence-electron chi connectivity index (χ4n) is 3.88. The molecule has 152 valence electrons. The van der Waals surface area contributed by atoms with Crippen LogP contribution in [-0.4, -0.2) is 31.3 Å². The molecule has 1 aromatic rings. The largest absolute Gasteiger partial charge is 0.354 e. The third-order valence-corrected chi connectivity index (χ3v) is 8.36. The molecule has 2 fully saturated rings. The van der Waals surface area contributed by atoms with Crippen LogP contribution in [-0.2, 0) is 9.84 Å². The van der Waals surface area contributed by atoms with Gasteiger partial charge in [-0.1, -0.05) is 23.7 Å². The lowest BCUT2D eigenvalue weighted by Gasteiger charge is -2.40. The summed E-state index contributed by atoms with van der Waals surface area (Å²) in [4.78, 5) is 4.93. The fraction of sp³-hybridized carbons (Fsp3) is 0.526. The van der Waals surface area contributed by atoms with E-state index in [4.69, 9.17) is 23.1 Å². The first-order valence-corrected chi connectivity index (χ1v) is 11.6. The number of sulfone groups is 1. The van der Waals surface area contributed by atoms with Gasteiger partial charge in [0.05, 0.1) is 20.9 Å². The summed E-state index contributed by atoms with van der Waals surface area (Å²) in [5.41, 5.74) is 13.0. The van der Waals surface area contributed by atoms with Crippen molar-refractivity contribution in [2.75, 3.05) is 5.32 Å². The molecule has 1 unspecified atom stereocenters. The molecule has 4 rings (SSSR count). The van der Waals surface area contributed by atoms with E-state index in [1.165, 1.54) is 0 Å². The van der Waals surface area contributed by atoms with Gasteiger partial charge in [-0.15, -0.1) is 0 Å². The van der Waals surface area contributed by atoms with Crippen LogP contribution in [0.4, 0.5) is 5.69 Å². The van der Waals surface area contributed by atoms with E-state index in [-0.39, 0.29) is 22.1 Å². The summed E-state index contributed by atoms with van der Waals surface area (Å²) in [6, 6.07) is 7.06. The van der Waals surface area contributed by atoms with E-state index < -0.39 is 15.6 Å². The number of nitrogens with one attached hydrogen (secondary N) is 2. The van der Waals surface area contributed by atoms with Crippen molar-refractivity contribution in [2.45, 2.75) is 60.5 Å². The number of para-hydroxylation sites is 1. The Hall–Kier alpha value is -1.61. The first kappa shape index (κ1) is 19.7. The van der Waals surface area contributed by atoms with Gasteiger partial charge in [0, 0.05) is 18.2 Å². The van der Waals surface area contributed by atoms with Gasteiger partial charge in [0.15, 0.2) is 15.6 Å². The van der Waals surface area contributed by atoms with Gasteiger partial charge in [0.2, 0.25) is 0 Å². The maximum absolute atomic E-state index is 12.8. The van der Waals surface area contributed by atoms with E-state index in [9.17, 15) is 8.42 Å². The first-order valence-electron chi connectivity index (χ1n) is 9.67. The van der Waals surface area contributed by atoms with Crippen LogP contribution in [0.5, 0.6) is 0 Å². The standard InChI is InChI=1S/C19H26ClN5O2S/c20-15-11-23-19(22,12-5-7-13(21)8-6-12)25-18(15)24-16-3-1-2-4-17(16)28(26,27)14-9-10-14/h1-4,11-14,23H,5-10,21-22H2,(H,24,25)/t12-,13-,19?. The maximum Gasteiger partial charge on any atom is 0.187 e. The number of halogens is 1. The molecule has 1 aromatic carbocycles. The van der Waals surface area contributed by atoms with Gasteiger partial charge in [0.1, 0.15) is 5.84 Å². The molecule has 0 radical (unpaired) electrons. The predicted octanol–water partition coefficient (Wildman–Crippen LogP) is 2.25. The molecule has 3 aliphatic rings. The molecule has 0 spiro atoms. The third kappa shape index (κ3) is 3.78. The lowest BCUT2D eigenvalue weighted by molar-refractivity contribution is 0.179. The zero-order valence-corrected chi connectivity index (χ0v) is 17.1. The number of aliphatic imine (C=N–C) groups is 1. The van der Waals surface area contributed by atoms with Crippen molar-refractivity contribution in [3.63, 3.8) is 0 Å². The van der Waals surface area contributed by atoms with Crippen molar-refractivity contribution in [3.05, 3.63) is 35.5 Å². The Labute approximate surface area is 170 Å². The first-order chi connectivity index (χ1) is 13.3. The second kappa shape index (κ2) is 7.33. The molecule has 0 amide bonds. The van der Waals surface area contributed by atoms with Gasteiger partial charge in [-0.05, 0) is 50.7 Å². The Kier molecular flexibility index (Phi) is 5.16. The van der Waals surface area contributed by atoms with E-state index in [2.05, 4.69) is 15.6 Å². The zero-order valence-electron chi connectivity index (χ0n) is 15.6. The quantitative estimate of drug-likeness (QED) is 0.589. The molecule has 6 N–H and O–H groups in total. The molecule has 0 bridgehead atoms. The van der Waals surface area contributed by atoms with Crippen molar-refractivity contribution >= 4 is 33.0 Å². The topological polar surface area (TPSA) is 123 Å².